The molecule has 1 aromatic rings. The molecule has 0 spiro atoms. The minimum absolute atomic E-state index is 0.274. The van der Waals surface area contributed by atoms with Gasteiger partial charge in [0.1, 0.15) is 10.7 Å². The molecule has 0 atom stereocenters. The Hall–Kier alpha value is -0.700. The van der Waals surface area contributed by atoms with Gasteiger partial charge in [0.2, 0.25) is 5.88 Å². The molecule has 98 valence electrons. The van der Waals surface area contributed by atoms with Crippen LogP contribution in [0, 0.1) is 29.6 Å². The molecule has 4 aliphatic rings. The van der Waals surface area contributed by atoms with Crippen LogP contribution in [-0.2, 0) is 6.42 Å². The molecule has 18 heavy (non-hydrogen) atoms. The van der Waals surface area contributed by atoms with Gasteiger partial charge in [-0.1, -0.05) is 16.8 Å². The van der Waals surface area contributed by atoms with Crippen LogP contribution in [0.15, 0.2) is 4.52 Å². The van der Waals surface area contributed by atoms with Gasteiger partial charge in [-0.25, -0.2) is 0 Å². The number of nitrogens with two attached hydrogens (primary N) is 1. The summed E-state index contributed by atoms with van der Waals surface area (Å²) in [4.78, 5) is 0. The van der Waals surface area contributed by atoms with Gasteiger partial charge in [-0.2, -0.15) is 0 Å². The predicted octanol–water partition coefficient (Wildman–Crippen LogP) is 3.53. The van der Waals surface area contributed by atoms with Crippen molar-refractivity contribution in [3.63, 3.8) is 0 Å². The van der Waals surface area contributed by atoms with Gasteiger partial charge in [-0.3, -0.25) is 0 Å². The van der Waals surface area contributed by atoms with Gasteiger partial charge >= 0.3 is 0 Å². The summed E-state index contributed by atoms with van der Waals surface area (Å²) in [7, 11) is 0. The summed E-state index contributed by atoms with van der Waals surface area (Å²) in [5, 5.41) is 4.58. The topological polar surface area (TPSA) is 52.0 Å². The summed E-state index contributed by atoms with van der Waals surface area (Å²) >= 11 is 6.14. The molecule has 0 aromatic carbocycles. The van der Waals surface area contributed by atoms with Gasteiger partial charge < -0.3 is 10.3 Å². The zero-order valence-corrected chi connectivity index (χ0v) is 11.2. The number of nitrogen functional groups attached to an aromatic ring is 1. The van der Waals surface area contributed by atoms with Gasteiger partial charge in [-0.05, 0) is 68.1 Å². The first-order valence-corrected chi connectivity index (χ1v) is 7.48. The van der Waals surface area contributed by atoms with Crippen LogP contribution in [0.1, 0.15) is 37.8 Å². The average Bonchev–Trinajstić information content (AvgIpc) is 2.64. The molecule has 4 aliphatic carbocycles. The van der Waals surface area contributed by atoms with Crippen LogP contribution in [-0.4, -0.2) is 5.16 Å². The standard InChI is InChI=1S/C14H19ClN2O/c15-13-12(17-18-14(13)16)6-11-9-2-7-1-8(4-9)5-10(11)3-7/h7-11H,1-6,16H2. The van der Waals surface area contributed by atoms with Gasteiger partial charge in [0.25, 0.3) is 0 Å². The predicted molar refractivity (Wildman–Crippen MR) is 70.2 cm³/mol. The second-order valence-corrected chi connectivity index (χ2v) is 6.98. The summed E-state index contributed by atoms with van der Waals surface area (Å²) in [6.45, 7) is 0. The quantitative estimate of drug-likeness (QED) is 0.891. The second-order valence-electron chi connectivity index (χ2n) is 6.61. The van der Waals surface area contributed by atoms with Gasteiger partial charge in [0, 0.05) is 0 Å². The normalized spacial score (nSPS) is 41.5. The molecule has 0 saturated heterocycles. The highest BCUT2D eigenvalue weighted by Gasteiger charge is 2.48. The number of anilines is 1. The summed E-state index contributed by atoms with van der Waals surface area (Å²) in [5.41, 5.74) is 6.51. The summed E-state index contributed by atoms with van der Waals surface area (Å²) < 4.78 is 4.98. The third-order valence-electron chi connectivity index (χ3n) is 5.57. The largest absolute Gasteiger partial charge is 0.366 e. The molecule has 0 aliphatic heterocycles. The molecular weight excluding hydrogens is 248 g/mol. The van der Waals surface area contributed by atoms with Crippen LogP contribution < -0.4 is 5.73 Å². The first-order valence-electron chi connectivity index (χ1n) is 7.10. The van der Waals surface area contributed by atoms with Gasteiger partial charge in [-0.15, -0.1) is 0 Å². The molecule has 4 heteroatoms. The maximum absolute atomic E-state index is 6.14. The molecule has 4 saturated carbocycles. The van der Waals surface area contributed by atoms with Gasteiger partial charge in [0.05, 0.1) is 0 Å². The summed E-state index contributed by atoms with van der Waals surface area (Å²) in [5.74, 6) is 4.86. The fraction of sp³-hybridized carbons (Fsp3) is 0.786. The minimum Gasteiger partial charge on any atom is -0.366 e. The molecule has 4 bridgehead atoms. The Labute approximate surface area is 112 Å². The van der Waals surface area contributed by atoms with Crippen LogP contribution in [0.25, 0.3) is 0 Å². The number of aromatic nitrogens is 1. The van der Waals surface area contributed by atoms with Gasteiger partial charge in [0.15, 0.2) is 0 Å². The second kappa shape index (κ2) is 3.89. The Morgan fingerprint density at radius 2 is 1.72 bits per heavy atom. The Balaban J connectivity index is 1.57. The molecule has 1 heterocycles. The lowest BCUT2D eigenvalue weighted by atomic mass is 9.51. The molecule has 0 radical (unpaired) electrons. The summed E-state index contributed by atoms with van der Waals surface area (Å²) in [6.07, 6.45) is 8.20. The fourth-order valence-corrected chi connectivity index (χ4v) is 5.19. The van der Waals surface area contributed by atoms with E-state index in [-0.39, 0.29) is 5.88 Å². The SMILES string of the molecule is Nc1onc(CC2C3CC4CC(C3)CC2C4)c1Cl. The molecule has 0 unspecified atom stereocenters. The zero-order chi connectivity index (χ0) is 12.3. The van der Waals surface area contributed by atoms with Crippen molar-refractivity contribution in [1.29, 1.82) is 0 Å². The van der Waals surface area contributed by atoms with Crippen LogP contribution in [0.2, 0.25) is 5.02 Å². The van der Waals surface area contributed by atoms with Crippen molar-refractivity contribution in [3.8, 4) is 0 Å². The lowest BCUT2D eigenvalue weighted by molar-refractivity contribution is -0.0365. The van der Waals surface area contributed by atoms with Crippen molar-refractivity contribution in [2.75, 3.05) is 5.73 Å². The maximum atomic E-state index is 6.14. The van der Waals surface area contributed by atoms with E-state index in [1.54, 1.807) is 0 Å². The van der Waals surface area contributed by atoms with Crippen molar-refractivity contribution >= 4 is 17.5 Å². The van der Waals surface area contributed by atoms with Crippen LogP contribution in [0.4, 0.5) is 5.88 Å². The minimum atomic E-state index is 0.274. The van der Waals surface area contributed by atoms with Crippen molar-refractivity contribution in [3.05, 3.63) is 10.7 Å². The van der Waals surface area contributed by atoms with Crippen molar-refractivity contribution in [2.24, 2.45) is 29.6 Å². The Kier molecular flexibility index (Phi) is 2.41. The average molecular weight is 267 g/mol. The van der Waals surface area contributed by atoms with E-state index >= 15 is 0 Å². The van der Waals surface area contributed by atoms with E-state index in [4.69, 9.17) is 21.9 Å². The highest BCUT2D eigenvalue weighted by atomic mass is 35.5. The summed E-state index contributed by atoms with van der Waals surface area (Å²) in [6, 6.07) is 0. The van der Waals surface area contributed by atoms with Crippen LogP contribution in [0.3, 0.4) is 0 Å². The molecular formula is C14H19ClN2O. The number of rotatable bonds is 2. The molecule has 1 aromatic heterocycles. The van der Waals surface area contributed by atoms with E-state index in [0.29, 0.717) is 5.02 Å². The lowest BCUT2D eigenvalue weighted by Crippen LogP contribution is -2.45. The maximum Gasteiger partial charge on any atom is 0.241 e. The van der Waals surface area contributed by atoms with E-state index in [1.165, 1.54) is 32.1 Å². The molecule has 5 rings (SSSR count). The van der Waals surface area contributed by atoms with Crippen molar-refractivity contribution in [2.45, 2.75) is 38.5 Å². The first kappa shape index (κ1) is 11.2. The fourth-order valence-electron chi connectivity index (χ4n) is 5.05. The third-order valence-corrected chi connectivity index (χ3v) is 5.98. The third kappa shape index (κ3) is 1.59. The Bertz CT molecular complexity index is 442. The van der Waals surface area contributed by atoms with Crippen molar-refractivity contribution < 1.29 is 4.52 Å². The van der Waals surface area contributed by atoms with E-state index in [9.17, 15) is 0 Å². The van der Waals surface area contributed by atoms with Crippen LogP contribution >= 0.6 is 11.6 Å². The first-order chi connectivity index (χ1) is 8.70. The molecule has 2 N–H and O–H groups in total. The number of nitrogens with zero attached hydrogens (tertiary/aromatic N) is 1. The zero-order valence-electron chi connectivity index (χ0n) is 10.4. The van der Waals surface area contributed by atoms with E-state index in [2.05, 4.69) is 5.16 Å². The van der Waals surface area contributed by atoms with E-state index < -0.39 is 0 Å². The Morgan fingerprint density at radius 1 is 1.11 bits per heavy atom. The van der Waals surface area contributed by atoms with Crippen molar-refractivity contribution in [1.82, 2.24) is 5.16 Å². The molecule has 3 nitrogen and oxygen atoms in total. The van der Waals surface area contributed by atoms with E-state index in [1.807, 2.05) is 0 Å². The molecule has 4 fully saturated rings. The monoisotopic (exact) mass is 266 g/mol. The number of halogens is 1. The smallest absolute Gasteiger partial charge is 0.241 e. The number of hydrogen-bond donors (Lipinski definition) is 1. The highest BCUT2D eigenvalue weighted by Crippen LogP contribution is 2.57. The Morgan fingerprint density at radius 3 is 2.22 bits per heavy atom. The number of hydrogen-bond acceptors (Lipinski definition) is 3. The highest BCUT2D eigenvalue weighted by molar-refractivity contribution is 6.33. The molecule has 0 amide bonds. The van der Waals surface area contributed by atoms with Crippen LogP contribution in [0.5, 0.6) is 0 Å². The van der Waals surface area contributed by atoms with E-state index in [0.717, 1.165) is 41.7 Å². The lowest BCUT2D eigenvalue weighted by Gasteiger charge is -2.54.